The van der Waals surface area contributed by atoms with Crippen LogP contribution in [0.2, 0.25) is 0 Å². The Labute approximate surface area is 129 Å². The largest absolute Gasteiger partial charge is 0.476 e. The minimum atomic E-state index is -1.41. The second-order valence-corrected chi connectivity index (χ2v) is 5.40. The van der Waals surface area contributed by atoms with Gasteiger partial charge < -0.3 is 10.4 Å². The second kappa shape index (κ2) is 4.87. The zero-order valence-corrected chi connectivity index (χ0v) is 11.8. The molecule has 1 atom stereocenters. The lowest BCUT2D eigenvalue weighted by Gasteiger charge is -2.35. The Kier molecular flexibility index (Phi) is 3.20. The molecular formula is C13H9BF2N4O3. The summed E-state index contributed by atoms with van der Waals surface area (Å²) in [5.74, 6) is -4.51. The van der Waals surface area contributed by atoms with E-state index in [-0.39, 0.29) is 23.3 Å². The van der Waals surface area contributed by atoms with E-state index in [0.29, 0.717) is 0 Å². The number of benzene rings is 1. The fraction of sp³-hybridized carbons (Fsp3) is 0.231. The Morgan fingerprint density at radius 2 is 2.17 bits per heavy atom. The number of carboxylic acids is 1. The number of amides is 1. The normalized spacial score (nSPS) is 20.0. The van der Waals surface area contributed by atoms with Crippen LogP contribution in [-0.2, 0) is 12.1 Å². The molecule has 23 heavy (non-hydrogen) atoms. The van der Waals surface area contributed by atoms with Crippen molar-refractivity contribution in [3.63, 3.8) is 0 Å². The molecule has 1 aromatic carbocycles. The van der Waals surface area contributed by atoms with Gasteiger partial charge in [0.05, 0.1) is 12.1 Å². The topological polar surface area (TPSA) is 97.1 Å². The Bertz CT molecular complexity index is 854. The molecule has 10 heteroatoms. The zero-order valence-electron chi connectivity index (χ0n) is 11.8. The first-order chi connectivity index (χ1) is 10.7. The van der Waals surface area contributed by atoms with Crippen molar-refractivity contribution in [3.8, 4) is 0 Å². The van der Waals surface area contributed by atoms with Crippen molar-refractivity contribution in [3.05, 3.63) is 40.7 Å². The summed E-state index contributed by atoms with van der Waals surface area (Å²) < 4.78 is 28.8. The molecule has 116 valence electrons. The van der Waals surface area contributed by atoms with Crippen LogP contribution < -0.4 is 10.8 Å². The maximum Gasteiger partial charge on any atom is 0.358 e. The van der Waals surface area contributed by atoms with Gasteiger partial charge in [-0.2, -0.15) is 0 Å². The fourth-order valence-electron chi connectivity index (χ4n) is 2.61. The molecule has 0 saturated carbocycles. The molecule has 1 aliphatic rings. The SMILES string of the molecule is [B]c1cc(F)c(F)c([C@]2(C)Cn3nnc(C(=O)O)c3C(=O)N2)c1. The summed E-state index contributed by atoms with van der Waals surface area (Å²) in [6.07, 6.45) is 0. The summed E-state index contributed by atoms with van der Waals surface area (Å²) in [5, 5.41) is 18.5. The first-order valence-corrected chi connectivity index (χ1v) is 6.47. The number of carbonyl (C=O) groups is 2. The van der Waals surface area contributed by atoms with Gasteiger partial charge in [0.15, 0.2) is 17.3 Å². The molecule has 0 fully saturated rings. The monoisotopic (exact) mass is 318 g/mol. The average molecular weight is 318 g/mol. The van der Waals surface area contributed by atoms with E-state index < -0.39 is 34.7 Å². The van der Waals surface area contributed by atoms with Gasteiger partial charge in [-0.3, -0.25) is 4.79 Å². The number of halogens is 2. The minimum absolute atomic E-state index is 0.00927. The highest BCUT2D eigenvalue weighted by Crippen LogP contribution is 2.30. The maximum absolute atomic E-state index is 14.1. The summed E-state index contributed by atoms with van der Waals surface area (Å²) in [5.41, 5.74) is -2.30. The van der Waals surface area contributed by atoms with Crippen molar-refractivity contribution >= 4 is 25.2 Å². The van der Waals surface area contributed by atoms with Crippen molar-refractivity contribution in [1.82, 2.24) is 20.3 Å². The van der Waals surface area contributed by atoms with Crippen LogP contribution in [0.4, 0.5) is 8.78 Å². The molecule has 0 aliphatic carbocycles. The van der Waals surface area contributed by atoms with Gasteiger partial charge in [0, 0.05) is 5.56 Å². The highest BCUT2D eigenvalue weighted by molar-refractivity contribution is 6.32. The smallest absolute Gasteiger partial charge is 0.358 e. The third-order valence-corrected chi connectivity index (χ3v) is 3.65. The first-order valence-electron chi connectivity index (χ1n) is 6.47. The Balaban J connectivity index is 2.12. The molecule has 0 unspecified atom stereocenters. The summed E-state index contributed by atoms with van der Waals surface area (Å²) in [6.45, 7) is 1.32. The predicted octanol–water partition coefficient (Wildman–Crippen LogP) is -0.293. The minimum Gasteiger partial charge on any atom is -0.476 e. The number of hydrogen-bond donors (Lipinski definition) is 2. The third-order valence-electron chi connectivity index (χ3n) is 3.65. The van der Waals surface area contributed by atoms with Crippen molar-refractivity contribution < 1.29 is 23.5 Å². The standard InChI is InChI=1S/C13H9BF2N4O3/c1-13(6-2-5(14)3-7(15)8(6)16)4-20-10(11(21)17-13)9(12(22)23)18-19-20/h2-3H,4H2,1H3,(H,17,21)(H,22,23)/t13-/m0/s1. The van der Waals surface area contributed by atoms with Crippen molar-refractivity contribution in [1.29, 1.82) is 0 Å². The molecule has 1 aliphatic heterocycles. The predicted molar refractivity (Wildman–Crippen MR) is 73.5 cm³/mol. The van der Waals surface area contributed by atoms with Crippen LogP contribution in [0.1, 0.15) is 33.5 Å². The Morgan fingerprint density at radius 3 is 2.83 bits per heavy atom. The van der Waals surface area contributed by atoms with E-state index >= 15 is 0 Å². The number of aromatic nitrogens is 3. The lowest BCUT2D eigenvalue weighted by molar-refractivity contribution is 0.0678. The van der Waals surface area contributed by atoms with Gasteiger partial charge in [0.25, 0.3) is 5.91 Å². The fourth-order valence-corrected chi connectivity index (χ4v) is 2.61. The van der Waals surface area contributed by atoms with E-state index in [2.05, 4.69) is 15.6 Å². The van der Waals surface area contributed by atoms with Crippen molar-refractivity contribution in [2.75, 3.05) is 0 Å². The van der Waals surface area contributed by atoms with E-state index in [9.17, 15) is 18.4 Å². The molecule has 1 amide bonds. The molecule has 2 N–H and O–H groups in total. The summed E-state index contributed by atoms with van der Waals surface area (Å²) >= 11 is 0. The molecule has 3 rings (SSSR count). The van der Waals surface area contributed by atoms with Gasteiger partial charge in [-0.15, -0.1) is 5.10 Å². The van der Waals surface area contributed by atoms with E-state index in [1.807, 2.05) is 0 Å². The molecule has 0 bridgehead atoms. The van der Waals surface area contributed by atoms with Crippen LogP contribution in [0.5, 0.6) is 0 Å². The van der Waals surface area contributed by atoms with Gasteiger partial charge >= 0.3 is 5.97 Å². The lowest BCUT2D eigenvalue weighted by Crippen LogP contribution is -2.52. The Hall–Kier alpha value is -2.78. The van der Waals surface area contributed by atoms with Crippen LogP contribution in [0.25, 0.3) is 0 Å². The van der Waals surface area contributed by atoms with E-state index in [1.165, 1.54) is 13.0 Å². The van der Waals surface area contributed by atoms with Gasteiger partial charge in [-0.1, -0.05) is 16.7 Å². The number of hydrogen-bond acceptors (Lipinski definition) is 4. The van der Waals surface area contributed by atoms with Gasteiger partial charge in [-0.05, 0) is 13.0 Å². The first kappa shape index (κ1) is 15.1. The quantitative estimate of drug-likeness (QED) is 0.742. The summed E-state index contributed by atoms with van der Waals surface area (Å²) in [7, 11) is 5.54. The Morgan fingerprint density at radius 1 is 1.48 bits per heavy atom. The number of nitrogens with zero attached hydrogens (tertiary/aromatic N) is 3. The van der Waals surface area contributed by atoms with Gasteiger partial charge in [-0.25, -0.2) is 18.3 Å². The van der Waals surface area contributed by atoms with Crippen LogP contribution in [0, 0.1) is 11.6 Å². The molecule has 0 saturated heterocycles. The van der Waals surface area contributed by atoms with Crippen molar-refractivity contribution in [2.45, 2.75) is 19.0 Å². The average Bonchev–Trinajstić information content (AvgIpc) is 2.86. The molecule has 1 aromatic heterocycles. The molecule has 2 heterocycles. The number of carbonyl (C=O) groups excluding carboxylic acids is 1. The van der Waals surface area contributed by atoms with Crippen LogP contribution in [0.3, 0.4) is 0 Å². The number of aromatic carboxylic acids is 1. The third kappa shape index (κ3) is 2.26. The second-order valence-electron chi connectivity index (χ2n) is 5.40. The van der Waals surface area contributed by atoms with Gasteiger partial charge in [0.1, 0.15) is 7.85 Å². The summed E-state index contributed by atoms with van der Waals surface area (Å²) in [6, 6.07) is 2.04. The number of fused-ring (bicyclic) bond motifs is 1. The molecule has 2 radical (unpaired) electrons. The zero-order chi connectivity index (χ0) is 16.9. The maximum atomic E-state index is 14.1. The molecule has 0 spiro atoms. The molecule has 7 nitrogen and oxygen atoms in total. The molecular weight excluding hydrogens is 309 g/mol. The molecule has 2 aromatic rings. The number of nitrogens with one attached hydrogen (secondary N) is 1. The lowest BCUT2D eigenvalue weighted by atomic mass is 9.84. The van der Waals surface area contributed by atoms with Crippen LogP contribution >= 0.6 is 0 Å². The number of rotatable bonds is 2. The van der Waals surface area contributed by atoms with Crippen LogP contribution in [-0.4, -0.2) is 39.8 Å². The number of carboxylic acid groups (broad SMARTS) is 1. The highest BCUT2D eigenvalue weighted by atomic mass is 19.2. The van der Waals surface area contributed by atoms with Gasteiger partial charge in [0.2, 0.25) is 5.69 Å². The highest BCUT2D eigenvalue weighted by Gasteiger charge is 2.41. The van der Waals surface area contributed by atoms with E-state index in [4.69, 9.17) is 13.0 Å². The van der Waals surface area contributed by atoms with Crippen molar-refractivity contribution in [2.24, 2.45) is 0 Å². The summed E-state index contributed by atoms with van der Waals surface area (Å²) in [4.78, 5) is 23.3. The van der Waals surface area contributed by atoms with E-state index in [0.717, 1.165) is 10.7 Å². The van der Waals surface area contributed by atoms with E-state index in [1.54, 1.807) is 0 Å². The van der Waals surface area contributed by atoms with Crippen LogP contribution in [0.15, 0.2) is 12.1 Å².